The summed E-state index contributed by atoms with van der Waals surface area (Å²) in [7, 11) is 0. The van der Waals surface area contributed by atoms with E-state index in [0.29, 0.717) is 12.1 Å². The number of benzene rings is 1. The van der Waals surface area contributed by atoms with Gasteiger partial charge in [-0.3, -0.25) is 4.79 Å². The first kappa shape index (κ1) is 13.9. The lowest BCUT2D eigenvalue weighted by Gasteiger charge is -2.40. The van der Waals surface area contributed by atoms with Crippen LogP contribution in [0.3, 0.4) is 0 Å². The second kappa shape index (κ2) is 5.61. The molecule has 0 spiro atoms. The molecule has 2 rings (SSSR count). The highest BCUT2D eigenvalue weighted by molar-refractivity contribution is 9.10. The minimum atomic E-state index is -0.411. The van der Waals surface area contributed by atoms with Crippen LogP contribution in [0.15, 0.2) is 22.7 Å². The van der Waals surface area contributed by atoms with Crippen LogP contribution >= 0.6 is 27.7 Å². The molecule has 0 atom stereocenters. The lowest BCUT2D eigenvalue weighted by molar-refractivity contribution is 0.0942. The molecule has 5 heteroatoms. The maximum atomic E-state index is 13.3. The normalized spacial score (nSPS) is 17.1. The molecule has 1 aromatic rings. The van der Waals surface area contributed by atoms with Crippen LogP contribution in [-0.2, 0) is 0 Å². The summed E-state index contributed by atoms with van der Waals surface area (Å²) < 4.78 is 13.7. The molecule has 98 valence electrons. The van der Waals surface area contributed by atoms with Crippen molar-refractivity contribution in [2.45, 2.75) is 24.0 Å². The third-order valence-electron chi connectivity index (χ3n) is 3.47. The van der Waals surface area contributed by atoms with Crippen molar-refractivity contribution in [3.63, 3.8) is 0 Å². The number of rotatable bonds is 4. The number of hydrogen-bond acceptors (Lipinski definition) is 2. The van der Waals surface area contributed by atoms with Gasteiger partial charge < -0.3 is 5.32 Å². The van der Waals surface area contributed by atoms with Gasteiger partial charge in [-0.25, -0.2) is 4.39 Å². The van der Waals surface area contributed by atoms with E-state index in [1.807, 2.05) is 0 Å². The Morgan fingerprint density at radius 1 is 1.56 bits per heavy atom. The number of nitrogens with one attached hydrogen (secondary N) is 1. The van der Waals surface area contributed by atoms with E-state index in [2.05, 4.69) is 27.5 Å². The lowest BCUT2D eigenvalue weighted by Crippen LogP contribution is -2.45. The first-order valence-electron chi connectivity index (χ1n) is 5.85. The quantitative estimate of drug-likeness (QED) is 0.913. The smallest absolute Gasteiger partial charge is 0.252 e. The van der Waals surface area contributed by atoms with Gasteiger partial charge in [0.05, 0.1) is 10.0 Å². The molecule has 1 fully saturated rings. The largest absolute Gasteiger partial charge is 0.351 e. The van der Waals surface area contributed by atoms with Gasteiger partial charge in [-0.1, -0.05) is 12.5 Å². The van der Waals surface area contributed by atoms with Crippen molar-refractivity contribution < 1.29 is 9.18 Å². The predicted octanol–water partition coefficient (Wildman–Crippen LogP) is 3.60. The van der Waals surface area contributed by atoms with Crippen LogP contribution in [0.25, 0.3) is 0 Å². The third kappa shape index (κ3) is 2.72. The minimum absolute atomic E-state index is 0.190. The maximum absolute atomic E-state index is 13.3. The van der Waals surface area contributed by atoms with Crippen LogP contribution in [0.4, 0.5) is 4.39 Å². The first-order valence-corrected chi connectivity index (χ1v) is 7.87. The number of carbonyl (C=O) groups excluding carboxylic acids is 1. The van der Waals surface area contributed by atoms with Gasteiger partial charge >= 0.3 is 0 Å². The van der Waals surface area contributed by atoms with Crippen LogP contribution < -0.4 is 5.32 Å². The summed E-state index contributed by atoms with van der Waals surface area (Å²) >= 11 is 4.91. The second-order valence-corrected chi connectivity index (χ2v) is 6.59. The van der Waals surface area contributed by atoms with Gasteiger partial charge in [0.15, 0.2) is 0 Å². The number of carbonyl (C=O) groups is 1. The monoisotopic (exact) mass is 331 g/mol. The molecule has 0 aromatic heterocycles. The molecule has 1 aliphatic carbocycles. The Morgan fingerprint density at radius 2 is 2.28 bits per heavy atom. The maximum Gasteiger partial charge on any atom is 0.252 e. The van der Waals surface area contributed by atoms with E-state index in [1.54, 1.807) is 23.9 Å². The summed E-state index contributed by atoms with van der Waals surface area (Å²) in [6, 6.07) is 4.49. The van der Waals surface area contributed by atoms with E-state index >= 15 is 0 Å². The fraction of sp³-hybridized carbons (Fsp3) is 0.462. The molecular weight excluding hydrogens is 317 g/mol. The van der Waals surface area contributed by atoms with Crippen molar-refractivity contribution in [3.8, 4) is 0 Å². The Kier molecular flexibility index (Phi) is 4.33. The Labute approximate surface area is 119 Å². The van der Waals surface area contributed by atoms with Crippen LogP contribution in [0.1, 0.15) is 29.6 Å². The van der Waals surface area contributed by atoms with E-state index < -0.39 is 5.82 Å². The second-order valence-electron chi connectivity index (χ2n) is 4.52. The Bertz CT molecular complexity index is 457. The van der Waals surface area contributed by atoms with Gasteiger partial charge in [0.1, 0.15) is 5.82 Å². The number of amides is 1. The standard InChI is InChI=1S/C13H15BrFNOS/c1-18-13(6-3-7-13)8-16-12(17)9-4-2-5-10(15)11(9)14/h2,4-5H,3,6-8H2,1H3,(H,16,17). The van der Waals surface area contributed by atoms with E-state index in [9.17, 15) is 9.18 Å². The molecule has 1 amide bonds. The van der Waals surface area contributed by atoms with Crippen LogP contribution in [0.2, 0.25) is 0 Å². The lowest BCUT2D eigenvalue weighted by atomic mass is 9.84. The molecule has 1 aliphatic rings. The van der Waals surface area contributed by atoms with Crippen LogP contribution in [0, 0.1) is 5.82 Å². The Morgan fingerprint density at radius 3 is 2.83 bits per heavy atom. The van der Waals surface area contributed by atoms with Crippen LogP contribution in [0.5, 0.6) is 0 Å². The summed E-state index contributed by atoms with van der Waals surface area (Å²) in [6.07, 6.45) is 5.57. The summed E-state index contributed by atoms with van der Waals surface area (Å²) in [4.78, 5) is 12.0. The number of hydrogen-bond donors (Lipinski definition) is 1. The zero-order valence-corrected chi connectivity index (χ0v) is 12.5. The van der Waals surface area contributed by atoms with Gasteiger partial charge in [-0.2, -0.15) is 11.8 Å². The fourth-order valence-corrected chi connectivity index (χ4v) is 3.40. The zero-order chi connectivity index (χ0) is 13.2. The average molecular weight is 332 g/mol. The van der Waals surface area contributed by atoms with Crippen LogP contribution in [-0.4, -0.2) is 23.5 Å². The van der Waals surface area contributed by atoms with Gasteiger partial charge in [0.2, 0.25) is 0 Å². The molecule has 2 nitrogen and oxygen atoms in total. The van der Waals surface area contributed by atoms with E-state index in [1.165, 1.54) is 12.5 Å². The molecule has 1 N–H and O–H groups in total. The van der Waals surface area contributed by atoms with E-state index in [0.717, 1.165) is 12.8 Å². The van der Waals surface area contributed by atoms with Crippen molar-refractivity contribution in [2.75, 3.05) is 12.8 Å². The van der Waals surface area contributed by atoms with E-state index in [-0.39, 0.29) is 15.1 Å². The fourth-order valence-electron chi connectivity index (χ4n) is 2.04. The van der Waals surface area contributed by atoms with Crippen molar-refractivity contribution in [3.05, 3.63) is 34.1 Å². The molecule has 0 radical (unpaired) electrons. The van der Waals surface area contributed by atoms with Gasteiger partial charge in [-0.15, -0.1) is 0 Å². The predicted molar refractivity (Wildman–Crippen MR) is 76.5 cm³/mol. The first-order chi connectivity index (χ1) is 8.58. The Hall–Kier alpha value is -0.550. The van der Waals surface area contributed by atoms with Gasteiger partial charge in [0, 0.05) is 11.3 Å². The van der Waals surface area contributed by atoms with Crippen molar-refractivity contribution in [1.29, 1.82) is 0 Å². The zero-order valence-electron chi connectivity index (χ0n) is 10.1. The van der Waals surface area contributed by atoms with Gasteiger partial charge in [-0.05, 0) is 47.2 Å². The SMILES string of the molecule is CSC1(CNC(=O)c2cccc(F)c2Br)CCC1. The molecule has 18 heavy (non-hydrogen) atoms. The highest BCUT2D eigenvalue weighted by Gasteiger charge is 2.36. The third-order valence-corrected chi connectivity index (χ3v) is 5.69. The van der Waals surface area contributed by atoms with Crippen molar-refractivity contribution in [2.24, 2.45) is 0 Å². The summed E-state index contributed by atoms with van der Waals surface area (Å²) in [5, 5.41) is 2.90. The van der Waals surface area contributed by atoms with Crippen molar-refractivity contribution >= 4 is 33.6 Å². The highest BCUT2D eigenvalue weighted by atomic mass is 79.9. The molecule has 0 bridgehead atoms. The van der Waals surface area contributed by atoms with E-state index in [4.69, 9.17) is 0 Å². The molecule has 1 aromatic carbocycles. The Balaban J connectivity index is 2.02. The van der Waals surface area contributed by atoms with Gasteiger partial charge in [0.25, 0.3) is 5.91 Å². The molecule has 0 saturated heterocycles. The molecular formula is C13H15BrFNOS. The van der Waals surface area contributed by atoms with Crippen molar-refractivity contribution in [1.82, 2.24) is 5.32 Å². The topological polar surface area (TPSA) is 29.1 Å². The number of thioether (sulfide) groups is 1. The minimum Gasteiger partial charge on any atom is -0.351 e. The summed E-state index contributed by atoms with van der Waals surface area (Å²) in [5.74, 6) is -0.632. The summed E-state index contributed by atoms with van der Waals surface area (Å²) in [5.41, 5.74) is 0.352. The molecule has 0 heterocycles. The molecule has 0 aliphatic heterocycles. The molecule has 1 saturated carbocycles. The highest BCUT2D eigenvalue weighted by Crippen LogP contribution is 2.42. The number of halogens is 2. The molecule has 0 unspecified atom stereocenters. The summed E-state index contributed by atoms with van der Waals surface area (Å²) in [6.45, 7) is 0.649. The average Bonchev–Trinajstić information content (AvgIpc) is 2.31.